The van der Waals surface area contributed by atoms with Crippen LogP contribution in [0.15, 0.2) is 18.2 Å². The van der Waals surface area contributed by atoms with E-state index in [1.165, 1.54) is 12.0 Å². The molecule has 0 aromatic heterocycles. The molecule has 0 bridgehead atoms. The molecule has 1 aromatic rings. The number of hydrogen-bond acceptors (Lipinski definition) is 2. The molecule has 112 valence electrons. The van der Waals surface area contributed by atoms with Crippen LogP contribution in [-0.4, -0.2) is 13.2 Å². The van der Waals surface area contributed by atoms with Crippen molar-refractivity contribution in [3.05, 3.63) is 28.8 Å². The summed E-state index contributed by atoms with van der Waals surface area (Å²) in [5.74, 6) is 2.31. The van der Waals surface area contributed by atoms with Gasteiger partial charge in [-0.05, 0) is 62.8 Å². The molecular weight excluding hydrogens is 270 g/mol. The summed E-state index contributed by atoms with van der Waals surface area (Å²) in [5.41, 5.74) is 1.19. The molecule has 0 aliphatic heterocycles. The van der Waals surface area contributed by atoms with Gasteiger partial charge in [0.2, 0.25) is 0 Å². The normalized spacial score (nSPS) is 28.1. The Morgan fingerprint density at radius 3 is 2.40 bits per heavy atom. The fourth-order valence-corrected chi connectivity index (χ4v) is 3.43. The second-order valence-electron chi connectivity index (χ2n) is 6.36. The van der Waals surface area contributed by atoms with E-state index in [-0.39, 0.29) is 0 Å². The molecule has 2 rings (SSSR count). The molecule has 1 N–H and O–H groups in total. The molecule has 0 heterocycles. The Hall–Kier alpha value is -0.730. The minimum Gasteiger partial charge on any atom is -0.489 e. The summed E-state index contributed by atoms with van der Waals surface area (Å²) >= 11 is 6.37. The lowest BCUT2D eigenvalue weighted by Crippen LogP contribution is -2.28. The molecule has 1 fully saturated rings. The van der Waals surface area contributed by atoms with E-state index >= 15 is 0 Å². The van der Waals surface area contributed by atoms with E-state index in [1.807, 2.05) is 19.2 Å². The van der Waals surface area contributed by atoms with Crippen LogP contribution in [0.1, 0.15) is 51.6 Å². The van der Waals surface area contributed by atoms with Crippen molar-refractivity contribution >= 4 is 11.6 Å². The second-order valence-corrected chi connectivity index (χ2v) is 6.76. The summed E-state index contributed by atoms with van der Waals surface area (Å²) in [7, 11) is 1.95. The van der Waals surface area contributed by atoms with E-state index in [4.69, 9.17) is 16.3 Å². The van der Waals surface area contributed by atoms with E-state index in [1.54, 1.807) is 0 Å². The Morgan fingerprint density at radius 1 is 1.20 bits per heavy atom. The van der Waals surface area contributed by atoms with E-state index in [2.05, 4.69) is 32.2 Å². The van der Waals surface area contributed by atoms with E-state index in [9.17, 15) is 0 Å². The minimum atomic E-state index is 0.302. The number of nitrogens with one attached hydrogen (secondary N) is 1. The lowest BCUT2D eigenvalue weighted by Gasteiger charge is -2.32. The second kappa shape index (κ2) is 6.82. The zero-order valence-corrected chi connectivity index (χ0v) is 13.7. The molecule has 3 unspecified atom stereocenters. The van der Waals surface area contributed by atoms with Crippen LogP contribution in [0.4, 0.5) is 0 Å². The lowest BCUT2D eigenvalue weighted by molar-refractivity contribution is 0.101. The Labute approximate surface area is 127 Å². The van der Waals surface area contributed by atoms with Crippen LogP contribution in [0.3, 0.4) is 0 Å². The summed E-state index contributed by atoms with van der Waals surface area (Å²) in [5, 5.41) is 3.94. The largest absolute Gasteiger partial charge is 0.489 e. The van der Waals surface area contributed by atoms with Gasteiger partial charge in [-0.25, -0.2) is 0 Å². The molecule has 1 aliphatic carbocycles. The molecule has 3 heteroatoms. The van der Waals surface area contributed by atoms with Gasteiger partial charge < -0.3 is 10.1 Å². The van der Waals surface area contributed by atoms with Gasteiger partial charge in [-0.3, -0.25) is 0 Å². The Bertz CT molecular complexity index is 439. The lowest BCUT2D eigenvalue weighted by atomic mass is 9.82. The van der Waals surface area contributed by atoms with Crippen molar-refractivity contribution in [2.75, 3.05) is 7.05 Å². The van der Waals surface area contributed by atoms with Crippen molar-refractivity contribution in [2.24, 2.45) is 11.8 Å². The Kier molecular flexibility index (Phi) is 5.34. The summed E-state index contributed by atoms with van der Waals surface area (Å²) in [6.07, 6.45) is 3.88. The van der Waals surface area contributed by atoms with Crippen LogP contribution >= 0.6 is 11.6 Å². The van der Waals surface area contributed by atoms with Gasteiger partial charge in [0.05, 0.1) is 11.1 Å². The highest BCUT2D eigenvalue weighted by atomic mass is 35.5. The monoisotopic (exact) mass is 295 g/mol. The van der Waals surface area contributed by atoms with Crippen LogP contribution in [0, 0.1) is 11.8 Å². The highest BCUT2D eigenvalue weighted by Crippen LogP contribution is 2.34. The van der Waals surface area contributed by atoms with Crippen LogP contribution < -0.4 is 10.1 Å². The third-order valence-electron chi connectivity index (χ3n) is 4.32. The van der Waals surface area contributed by atoms with E-state index in [0.29, 0.717) is 12.1 Å². The Balaban J connectivity index is 2.06. The quantitative estimate of drug-likeness (QED) is 0.859. The fourth-order valence-electron chi connectivity index (χ4n) is 3.20. The molecular formula is C17H26ClNO. The molecule has 3 atom stereocenters. The first-order valence-corrected chi connectivity index (χ1v) is 8.00. The molecule has 0 amide bonds. The van der Waals surface area contributed by atoms with Gasteiger partial charge in [0.15, 0.2) is 0 Å². The van der Waals surface area contributed by atoms with Gasteiger partial charge in [-0.1, -0.05) is 31.5 Å². The van der Waals surface area contributed by atoms with Gasteiger partial charge in [-0.2, -0.15) is 0 Å². The average Bonchev–Trinajstić information content (AvgIpc) is 2.39. The van der Waals surface area contributed by atoms with Crippen LogP contribution in [0.5, 0.6) is 5.75 Å². The predicted molar refractivity (Wildman–Crippen MR) is 85.5 cm³/mol. The maximum absolute atomic E-state index is 6.37. The minimum absolute atomic E-state index is 0.302. The summed E-state index contributed by atoms with van der Waals surface area (Å²) in [6.45, 7) is 6.74. The number of benzene rings is 1. The summed E-state index contributed by atoms with van der Waals surface area (Å²) in [6, 6.07) is 6.41. The third-order valence-corrected chi connectivity index (χ3v) is 4.61. The van der Waals surface area contributed by atoms with Crippen molar-refractivity contribution in [1.82, 2.24) is 5.32 Å². The molecule has 0 saturated heterocycles. The highest BCUT2D eigenvalue weighted by molar-refractivity contribution is 6.32. The Morgan fingerprint density at radius 2 is 1.85 bits per heavy atom. The molecule has 2 nitrogen and oxygen atoms in total. The first kappa shape index (κ1) is 15.7. The van der Waals surface area contributed by atoms with Crippen molar-refractivity contribution < 1.29 is 4.74 Å². The molecule has 1 saturated carbocycles. The molecule has 1 aliphatic rings. The maximum atomic E-state index is 6.37. The topological polar surface area (TPSA) is 21.3 Å². The average molecular weight is 296 g/mol. The van der Waals surface area contributed by atoms with E-state index in [0.717, 1.165) is 35.4 Å². The number of ether oxygens (including phenoxy) is 1. The standard InChI is InChI=1S/C17H26ClNO/c1-11-7-12(2)9-15(8-11)20-17-6-5-14(10-16(17)18)13(3)19-4/h5-6,10-13,15,19H,7-9H2,1-4H3. The fraction of sp³-hybridized carbons (Fsp3) is 0.647. The van der Waals surface area contributed by atoms with Crippen LogP contribution in [0.2, 0.25) is 5.02 Å². The van der Waals surface area contributed by atoms with Crippen molar-refractivity contribution in [3.8, 4) is 5.75 Å². The smallest absolute Gasteiger partial charge is 0.138 e. The van der Waals surface area contributed by atoms with E-state index < -0.39 is 0 Å². The van der Waals surface area contributed by atoms with Crippen molar-refractivity contribution in [2.45, 2.75) is 52.2 Å². The SMILES string of the molecule is CNC(C)c1ccc(OC2CC(C)CC(C)C2)c(Cl)c1. The maximum Gasteiger partial charge on any atom is 0.138 e. The molecule has 20 heavy (non-hydrogen) atoms. The van der Waals surface area contributed by atoms with Crippen LogP contribution in [0.25, 0.3) is 0 Å². The summed E-state index contributed by atoms with van der Waals surface area (Å²) < 4.78 is 6.14. The molecule has 1 aromatic carbocycles. The van der Waals surface area contributed by atoms with Crippen molar-refractivity contribution in [3.63, 3.8) is 0 Å². The highest BCUT2D eigenvalue weighted by Gasteiger charge is 2.25. The number of halogens is 1. The third kappa shape index (κ3) is 3.89. The number of rotatable bonds is 4. The zero-order chi connectivity index (χ0) is 14.7. The van der Waals surface area contributed by atoms with Crippen molar-refractivity contribution in [1.29, 1.82) is 0 Å². The van der Waals surface area contributed by atoms with Gasteiger partial charge in [0.1, 0.15) is 5.75 Å². The number of hydrogen-bond donors (Lipinski definition) is 1. The van der Waals surface area contributed by atoms with Gasteiger partial charge in [-0.15, -0.1) is 0 Å². The first-order valence-electron chi connectivity index (χ1n) is 7.63. The summed E-state index contributed by atoms with van der Waals surface area (Å²) in [4.78, 5) is 0. The first-order chi connectivity index (χ1) is 9.49. The zero-order valence-electron chi connectivity index (χ0n) is 12.9. The molecule has 0 spiro atoms. The van der Waals surface area contributed by atoms with Gasteiger partial charge >= 0.3 is 0 Å². The van der Waals surface area contributed by atoms with Crippen LogP contribution in [-0.2, 0) is 0 Å². The predicted octanol–water partition coefficient (Wildman–Crippen LogP) is 4.82. The van der Waals surface area contributed by atoms with Gasteiger partial charge in [0.25, 0.3) is 0 Å². The molecule has 0 radical (unpaired) electrons. The van der Waals surface area contributed by atoms with Gasteiger partial charge in [0, 0.05) is 6.04 Å².